The third kappa shape index (κ3) is 4.57. The lowest BCUT2D eigenvalue weighted by Crippen LogP contribution is -2.24. The van der Waals surface area contributed by atoms with Crippen molar-refractivity contribution in [2.45, 2.75) is 13.0 Å². The normalized spacial score (nSPS) is 10.9. The second-order valence-corrected chi connectivity index (χ2v) is 5.71. The first-order valence-corrected chi connectivity index (χ1v) is 8.29. The van der Waals surface area contributed by atoms with Crippen LogP contribution in [-0.4, -0.2) is 28.9 Å². The molecule has 0 fully saturated rings. The molecule has 0 unspecified atom stereocenters. The van der Waals surface area contributed by atoms with Crippen LogP contribution in [0.2, 0.25) is 0 Å². The summed E-state index contributed by atoms with van der Waals surface area (Å²) in [6, 6.07) is 11.4. The van der Waals surface area contributed by atoms with E-state index in [0.29, 0.717) is 24.2 Å². The zero-order chi connectivity index (χ0) is 18.2. The number of alkyl carbamates (subject to hydrolysis) is 1. The molecule has 3 rings (SSSR count). The van der Waals surface area contributed by atoms with E-state index in [4.69, 9.17) is 4.74 Å². The maximum atomic E-state index is 11.6. The zero-order valence-corrected chi connectivity index (χ0v) is 14.1. The van der Waals surface area contributed by atoms with Crippen molar-refractivity contribution in [2.24, 2.45) is 0 Å². The summed E-state index contributed by atoms with van der Waals surface area (Å²) >= 11 is 0. The van der Waals surface area contributed by atoms with E-state index in [2.05, 4.69) is 15.3 Å². The second kappa shape index (κ2) is 8.62. The van der Waals surface area contributed by atoms with Gasteiger partial charge in [-0.05, 0) is 23.6 Å². The van der Waals surface area contributed by atoms with Crippen LogP contribution in [0.5, 0.6) is 0 Å². The van der Waals surface area contributed by atoms with Gasteiger partial charge in [0, 0.05) is 29.9 Å². The van der Waals surface area contributed by atoms with Crippen LogP contribution >= 0.6 is 0 Å². The molecule has 0 spiro atoms. The molecule has 2 N–H and O–H groups in total. The lowest BCUT2D eigenvalue weighted by molar-refractivity contribution is 0.112. The molecule has 0 radical (unpaired) electrons. The van der Waals surface area contributed by atoms with Gasteiger partial charge in [0.05, 0.1) is 0 Å². The molecule has 0 atom stereocenters. The molecule has 2 heterocycles. The predicted molar refractivity (Wildman–Crippen MR) is 99.8 cm³/mol. The standard InChI is InChI=1S/C20H19N3O3/c24-13-17-12-23-19-18(17)10-16(11-22-19)8-4-5-9-21-20(25)26-14-15-6-2-1-3-7-15/h1-4,6-8,10-13H,5,9,14H2,(H,21,25)(H,22,23). The first-order valence-electron chi connectivity index (χ1n) is 8.29. The number of carbonyl (C=O) groups is 2. The van der Waals surface area contributed by atoms with Crippen LogP contribution in [0.1, 0.15) is 27.9 Å². The van der Waals surface area contributed by atoms with Crippen molar-refractivity contribution in [3.8, 4) is 0 Å². The van der Waals surface area contributed by atoms with Gasteiger partial charge in [0.25, 0.3) is 0 Å². The van der Waals surface area contributed by atoms with Gasteiger partial charge in [-0.15, -0.1) is 0 Å². The third-order valence-electron chi connectivity index (χ3n) is 3.81. The number of nitrogens with one attached hydrogen (secondary N) is 2. The highest BCUT2D eigenvalue weighted by atomic mass is 16.5. The number of amides is 1. The molecule has 0 saturated carbocycles. The van der Waals surface area contributed by atoms with Crippen molar-refractivity contribution < 1.29 is 14.3 Å². The van der Waals surface area contributed by atoms with E-state index in [0.717, 1.165) is 22.8 Å². The number of ether oxygens (including phenoxy) is 1. The van der Waals surface area contributed by atoms with Crippen LogP contribution in [0.4, 0.5) is 4.79 Å². The smallest absolute Gasteiger partial charge is 0.407 e. The number of carbonyl (C=O) groups excluding carboxylic acids is 2. The van der Waals surface area contributed by atoms with Gasteiger partial charge in [-0.3, -0.25) is 4.79 Å². The van der Waals surface area contributed by atoms with Crippen LogP contribution in [0.25, 0.3) is 17.1 Å². The molecule has 6 nitrogen and oxygen atoms in total. The molecule has 0 aliphatic rings. The van der Waals surface area contributed by atoms with Crippen molar-refractivity contribution in [3.63, 3.8) is 0 Å². The van der Waals surface area contributed by atoms with E-state index in [1.54, 1.807) is 12.4 Å². The fourth-order valence-electron chi connectivity index (χ4n) is 2.48. The number of aromatic nitrogens is 2. The summed E-state index contributed by atoms with van der Waals surface area (Å²) in [6.07, 6.45) is 8.24. The zero-order valence-electron chi connectivity index (χ0n) is 14.1. The van der Waals surface area contributed by atoms with Crippen LogP contribution in [0.15, 0.2) is 54.9 Å². The monoisotopic (exact) mass is 349 g/mol. The Labute approximate surface area is 150 Å². The largest absolute Gasteiger partial charge is 0.445 e. The Kier molecular flexibility index (Phi) is 5.77. The topological polar surface area (TPSA) is 84.1 Å². The third-order valence-corrected chi connectivity index (χ3v) is 3.81. The van der Waals surface area contributed by atoms with Gasteiger partial charge in [-0.2, -0.15) is 0 Å². The number of hydrogen-bond acceptors (Lipinski definition) is 4. The number of nitrogens with zero attached hydrogens (tertiary/aromatic N) is 1. The Morgan fingerprint density at radius 3 is 2.92 bits per heavy atom. The first kappa shape index (κ1) is 17.4. The predicted octanol–water partition coefficient (Wildman–Crippen LogP) is 3.71. The van der Waals surface area contributed by atoms with Crippen molar-refractivity contribution in [1.82, 2.24) is 15.3 Å². The Balaban J connectivity index is 1.43. The van der Waals surface area contributed by atoms with Crippen molar-refractivity contribution >= 4 is 29.5 Å². The Morgan fingerprint density at radius 1 is 1.27 bits per heavy atom. The highest BCUT2D eigenvalue weighted by Gasteiger charge is 2.04. The highest BCUT2D eigenvalue weighted by molar-refractivity contribution is 5.96. The van der Waals surface area contributed by atoms with Crippen LogP contribution < -0.4 is 5.32 Å². The second-order valence-electron chi connectivity index (χ2n) is 5.71. The summed E-state index contributed by atoms with van der Waals surface area (Å²) < 4.78 is 5.14. The lowest BCUT2D eigenvalue weighted by Gasteiger charge is -2.05. The van der Waals surface area contributed by atoms with Gasteiger partial charge in [-0.25, -0.2) is 9.78 Å². The first-order chi connectivity index (χ1) is 12.8. The van der Waals surface area contributed by atoms with E-state index in [1.165, 1.54) is 0 Å². The molecule has 0 aliphatic carbocycles. The average Bonchev–Trinajstić information content (AvgIpc) is 3.09. The number of fused-ring (bicyclic) bond motifs is 1. The maximum absolute atomic E-state index is 11.6. The lowest BCUT2D eigenvalue weighted by atomic mass is 10.1. The van der Waals surface area contributed by atoms with Gasteiger partial charge >= 0.3 is 6.09 Å². The molecule has 0 bridgehead atoms. The number of pyridine rings is 1. The molecular formula is C20H19N3O3. The van der Waals surface area contributed by atoms with Crippen molar-refractivity contribution in [2.75, 3.05) is 6.54 Å². The van der Waals surface area contributed by atoms with Crippen LogP contribution in [0.3, 0.4) is 0 Å². The molecular weight excluding hydrogens is 330 g/mol. The SMILES string of the molecule is O=Cc1c[nH]c2ncc(C=CCCNC(=O)OCc3ccccc3)cc12. The fraction of sp³-hybridized carbons (Fsp3) is 0.150. The minimum Gasteiger partial charge on any atom is -0.445 e. The van der Waals surface area contributed by atoms with E-state index >= 15 is 0 Å². The van der Waals surface area contributed by atoms with Gasteiger partial charge in [-0.1, -0.05) is 42.5 Å². The molecule has 1 amide bonds. The van der Waals surface area contributed by atoms with E-state index < -0.39 is 6.09 Å². The number of benzene rings is 1. The number of aromatic amines is 1. The highest BCUT2D eigenvalue weighted by Crippen LogP contribution is 2.16. The minimum absolute atomic E-state index is 0.254. The molecule has 0 saturated heterocycles. The van der Waals surface area contributed by atoms with Gasteiger partial charge in [0.2, 0.25) is 0 Å². The van der Waals surface area contributed by atoms with Gasteiger partial charge in [0.1, 0.15) is 12.3 Å². The summed E-state index contributed by atoms with van der Waals surface area (Å²) in [5.41, 5.74) is 3.12. The van der Waals surface area contributed by atoms with E-state index in [1.807, 2.05) is 48.6 Å². The summed E-state index contributed by atoms with van der Waals surface area (Å²) in [5.74, 6) is 0. The molecule has 3 aromatic rings. The Bertz CT molecular complexity index is 916. The summed E-state index contributed by atoms with van der Waals surface area (Å²) in [4.78, 5) is 29.8. The van der Waals surface area contributed by atoms with Gasteiger partial charge < -0.3 is 15.0 Å². The Hall–Kier alpha value is -3.41. The maximum Gasteiger partial charge on any atom is 0.407 e. The molecule has 2 aromatic heterocycles. The van der Waals surface area contributed by atoms with E-state index in [9.17, 15) is 9.59 Å². The Morgan fingerprint density at radius 2 is 2.12 bits per heavy atom. The number of H-pyrrole nitrogens is 1. The van der Waals surface area contributed by atoms with Crippen LogP contribution in [0, 0.1) is 0 Å². The van der Waals surface area contributed by atoms with Crippen molar-refractivity contribution in [1.29, 1.82) is 0 Å². The summed E-state index contributed by atoms with van der Waals surface area (Å²) in [7, 11) is 0. The summed E-state index contributed by atoms with van der Waals surface area (Å²) in [6.45, 7) is 0.730. The van der Waals surface area contributed by atoms with E-state index in [-0.39, 0.29) is 6.61 Å². The van der Waals surface area contributed by atoms with Crippen LogP contribution in [-0.2, 0) is 11.3 Å². The van der Waals surface area contributed by atoms with Gasteiger partial charge in [0.15, 0.2) is 6.29 Å². The molecule has 6 heteroatoms. The minimum atomic E-state index is -0.437. The fourth-order valence-corrected chi connectivity index (χ4v) is 2.48. The number of rotatable bonds is 7. The molecule has 1 aromatic carbocycles. The molecule has 132 valence electrons. The summed E-state index contributed by atoms with van der Waals surface area (Å²) in [5, 5.41) is 3.50. The number of aldehydes is 1. The molecule has 0 aliphatic heterocycles. The van der Waals surface area contributed by atoms with Crippen molar-refractivity contribution in [3.05, 3.63) is 71.6 Å². The average molecular weight is 349 g/mol. The quantitative estimate of drug-likeness (QED) is 0.503. The molecule has 26 heavy (non-hydrogen) atoms. The number of hydrogen-bond donors (Lipinski definition) is 2.